The van der Waals surface area contributed by atoms with Gasteiger partial charge in [0.05, 0.1) is 6.10 Å². The quantitative estimate of drug-likeness (QED) is 0.143. The Hall–Kier alpha value is -1.83. The van der Waals surface area contributed by atoms with E-state index in [1.54, 1.807) is 0 Å². The fourth-order valence-electron chi connectivity index (χ4n) is 2.47. The van der Waals surface area contributed by atoms with Crippen molar-refractivity contribution >= 4 is 23.7 Å². The van der Waals surface area contributed by atoms with Crippen LogP contribution in [0, 0.1) is 0 Å². The Morgan fingerprint density at radius 2 is 1.73 bits per heavy atom. The Bertz CT molecular complexity index is 586. The zero-order valence-corrected chi connectivity index (χ0v) is 18.7. The number of carboxylic acids is 2. The number of hydrogen-bond donors (Lipinski definition) is 4. The number of allylic oxidation sites excluding steroid dienone is 7. The molecule has 0 aromatic heterocycles. The van der Waals surface area contributed by atoms with Crippen LogP contribution in [0.15, 0.2) is 48.6 Å². The molecule has 0 spiro atoms. The van der Waals surface area contributed by atoms with Crippen molar-refractivity contribution in [2.75, 3.05) is 5.75 Å². The largest absolute Gasteiger partial charge is 0.481 e. The third-order valence-electron chi connectivity index (χ3n) is 4.24. The predicted octanol–water partition coefficient (Wildman–Crippen LogP) is 4.31. The van der Waals surface area contributed by atoms with Crippen LogP contribution in [0.3, 0.4) is 0 Å². The summed E-state index contributed by atoms with van der Waals surface area (Å²) < 4.78 is 0. The zero-order chi connectivity index (χ0) is 22.6. The van der Waals surface area contributed by atoms with E-state index in [2.05, 4.69) is 6.92 Å². The summed E-state index contributed by atoms with van der Waals surface area (Å²) in [6.45, 7) is 2.11. The fraction of sp³-hybridized carbons (Fsp3) is 0.565. The van der Waals surface area contributed by atoms with E-state index < -0.39 is 24.1 Å². The summed E-state index contributed by atoms with van der Waals surface area (Å²) in [5.41, 5.74) is 5.58. The van der Waals surface area contributed by atoms with Gasteiger partial charge in [0.25, 0.3) is 0 Å². The van der Waals surface area contributed by atoms with Crippen LogP contribution in [0.1, 0.15) is 58.3 Å². The van der Waals surface area contributed by atoms with E-state index in [4.69, 9.17) is 15.9 Å². The van der Waals surface area contributed by atoms with Gasteiger partial charge < -0.3 is 21.1 Å². The average molecular weight is 440 g/mol. The first-order valence-corrected chi connectivity index (χ1v) is 11.6. The van der Waals surface area contributed by atoms with Crippen molar-refractivity contribution in [1.82, 2.24) is 0 Å². The topological polar surface area (TPSA) is 121 Å². The predicted molar refractivity (Wildman–Crippen MR) is 125 cm³/mol. The Morgan fingerprint density at radius 1 is 1.00 bits per heavy atom. The lowest BCUT2D eigenvalue weighted by atomic mass is 10.1. The maximum absolute atomic E-state index is 10.9. The van der Waals surface area contributed by atoms with Gasteiger partial charge in [-0.15, -0.1) is 11.8 Å². The second-order valence-electron chi connectivity index (χ2n) is 7.00. The van der Waals surface area contributed by atoms with Crippen LogP contribution in [0.5, 0.6) is 0 Å². The Labute approximate surface area is 184 Å². The van der Waals surface area contributed by atoms with Crippen molar-refractivity contribution in [3.8, 4) is 0 Å². The van der Waals surface area contributed by atoms with Crippen molar-refractivity contribution < 1.29 is 24.9 Å². The van der Waals surface area contributed by atoms with Gasteiger partial charge in [0.1, 0.15) is 6.04 Å². The normalized spacial score (nSPS) is 15.4. The number of nitrogens with two attached hydrogens (primary N) is 1. The number of rotatable bonds is 18. The van der Waals surface area contributed by atoms with Gasteiger partial charge in [-0.25, -0.2) is 0 Å². The molecule has 0 aromatic carbocycles. The SMILES string of the molecule is CCCCC[C@H](O)[C@H](/C=C/C=C\C=C\C/C=C\CCCC(=O)O)SC[C@H](N)C(=O)O. The second-order valence-corrected chi connectivity index (χ2v) is 8.21. The minimum atomic E-state index is -1.04. The highest BCUT2D eigenvalue weighted by atomic mass is 32.2. The van der Waals surface area contributed by atoms with Crippen LogP contribution in [0.4, 0.5) is 0 Å². The molecule has 3 atom stereocenters. The molecule has 0 aliphatic carbocycles. The molecule has 0 aliphatic heterocycles. The van der Waals surface area contributed by atoms with Crippen LogP contribution < -0.4 is 5.73 Å². The van der Waals surface area contributed by atoms with Crippen molar-refractivity contribution in [3.63, 3.8) is 0 Å². The van der Waals surface area contributed by atoms with Gasteiger partial charge in [-0.1, -0.05) is 74.8 Å². The third kappa shape index (κ3) is 17.1. The minimum absolute atomic E-state index is 0.198. The van der Waals surface area contributed by atoms with Crippen LogP contribution >= 0.6 is 11.8 Å². The maximum atomic E-state index is 10.9. The number of aliphatic carboxylic acids is 2. The molecule has 30 heavy (non-hydrogen) atoms. The summed E-state index contributed by atoms with van der Waals surface area (Å²) in [7, 11) is 0. The average Bonchev–Trinajstić information content (AvgIpc) is 2.70. The molecule has 6 nitrogen and oxygen atoms in total. The third-order valence-corrected chi connectivity index (χ3v) is 5.65. The van der Waals surface area contributed by atoms with E-state index in [-0.39, 0.29) is 17.4 Å². The highest BCUT2D eigenvalue weighted by Gasteiger charge is 2.20. The molecular weight excluding hydrogens is 402 g/mol. The van der Waals surface area contributed by atoms with E-state index in [0.717, 1.165) is 32.1 Å². The van der Waals surface area contributed by atoms with E-state index in [1.165, 1.54) is 11.8 Å². The lowest BCUT2D eigenvalue weighted by Crippen LogP contribution is -2.34. The van der Waals surface area contributed by atoms with Crippen molar-refractivity contribution in [2.45, 2.75) is 75.7 Å². The van der Waals surface area contributed by atoms with E-state index in [9.17, 15) is 14.7 Å². The van der Waals surface area contributed by atoms with Gasteiger partial charge in [0.2, 0.25) is 0 Å². The molecule has 0 bridgehead atoms. The standard InChI is InChI=1S/C23H37NO5S/c1-2-3-12-15-20(25)21(30-18-19(24)23(28)29)16-13-10-8-6-4-5-7-9-11-14-17-22(26)27/h4,6-10,13,16,19-21,25H,2-3,5,11-12,14-15,17-18,24H2,1H3,(H,26,27)(H,28,29)/b6-4+,9-7-,10-8-,16-13+/t19-,20-,21-/m0/s1. The number of thioether (sulfide) groups is 1. The van der Waals surface area contributed by atoms with Crippen LogP contribution in [0.2, 0.25) is 0 Å². The molecule has 0 unspecified atom stereocenters. The first kappa shape index (κ1) is 28.2. The molecule has 0 saturated heterocycles. The van der Waals surface area contributed by atoms with Crippen LogP contribution in [-0.2, 0) is 9.59 Å². The number of hydrogen-bond acceptors (Lipinski definition) is 5. The monoisotopic (exact) mass is 439 g/mol. The summed E-state index contributed by atoms with van der Waals surface area (Å²) in [5, 5.41) is 27.7. The van der Waals surface area contributed by atoms with Gasteiger partial charge in [-0.2, -0.15) is 0 Å². The van der Waals surface area contributed by atoms with Crippen LogP contribution in [0.25, 0.3) is 0 Å². The van der Waals surface area contributed by atoms with Gasteiger partial charge in [-0.3, -0.25) is 9.59 Å². The van der Waals surface area contributed by atoms with Gasteiger partial charge >= 0.3 is 11.9 Å². The highest BCUT2D eigenvalue weighted by Crippen LogP contribution is 2.21. The number of carbonyl (C=O) groups is 2. The van der Waals surface area contributed by atoms with Gasteiger partial charge in [0.15, 0.2) is 0 Å². The summed E-state index contributed by atoms with van der Waals surface area (Å²) in [5.74, 6) is -1.55. The first-order chi connectivity index (χ1) is 14.4. The summed E-state index contributed by atoms with van der Waals surface area (Å²) in [4.78, 5) is 21.3. The van der Waals surface area contributed by atoms with Crippen molar-refractivity contribution in [2.24, 2.45) is 5.73 Å². The lowest BCUT2D eigenvalue weighted by molar-refractivity contribution is -0.138. The van der Waals surface area contributed by atoms with Gasteiger partial charge in [-0.05, 0) is 25.7 Å². The highest BCUT2D eigenvalue weighted by molar-refractivity contribution is 8.00. The molecule has 0 saturated carbocycles. The zero-order valence-electron chi connectivity index (χ0n) is 17.9. The molecule has 0 radical (unpaired) electrons. The molecule has 170 valence electrons. The number of carboxylic acid groups (broad SMARTS) is 2. The second kappa shape index (κ2) is 19.2. The molecule has 0 amide bonds. The summed E-state index contributed by atoms with van der Waals surface area (Å²) in [6, 6.07) is -0.940. The van der Waals surface area contributed by atoms with E-state index >= 15 is 0 Å². The van der Waals surface area contributed by atoms with Crippen LogP contribution in [-0.4, -0.2) is 50.4 Å². The fourth-order valence-corrected chi connectivity index (χ4v) is 3.60. The Kier molecular flexibility index (Phi) is 18.0. The van der Waals surface area contributed by atoms with E-state index in [1.807, 2.05) is 48.6 Å². The molecular formula is C23H37NO5S. The summed E-state index contributed by atoms with van der Waals surface area (Å²) >= 11 is 1.37. The number of aliphatic hydroxyl groups excluding tert-OH is 1. The van der Waals surface area contributed by atoms with Gasteiger partial charge in [0, 0.05) is 17.4 Å². The molecule has 0 rings (SSSR count). The molecule has 0 heterocycles. The minimum Gasteiger partial charge on any atom is -0.481 e. The molecule has 0 fully saturated rings. The number of aliphatic hydroxyl groups is 1. The lowest BCUT2D eigenvalue weighted by Gasteiger charge is -2.20. The first-order valence-electron chi connectivity index (χ1n) is 10.5. The van der Waals surface area contributed by atoms with Crippen molar-refractivity contribution in [1.29, 1.82) is 0 Å². The Balaban J connectivity index is 4.42. The Morgan fingerprint density at radius 3 is 2.40 bits per heavy atom. The summed E-state index contributed by atoms with van der Waals surface area (Å²) in [6.07, 6.45) is 21.1. The molecule has 0 aliphatic rings. The van der Waals surface area contributed by atoms with Crippen molar-refractivity contribution in [3.05, 3.63) is 48.6 Å². The number of unbranched alkanes of at least 4 members (excludes halogenated alkanes) is 3. The maximum Gasteiger partial charge on any atom is 0.321 e. The molecule has 5 N–H and O–H groups in total. The molecule has 0 aromatic rings. The smallest absolute Gasteiger partial charge is 0.321 e. The van der Waals surface area contributed by atoms with E-state index in [0.29, 0.717) is 12.8 Å². The molecule has 7 heteroatoms.